The zero-order chi connectivity index (χ0) is 19.8. The Morgan fingerprint density at radius 1 is 1.07 bits per heavy atom. The van der Waals surface area contributed by atoms with Crippen molar-refractivity contribution in [3.63, 3.8) is 0 Å². The van der Waals surface area contributed by atoms with Crippen LogP contribution in [0, 0.1) is 0 Å². The highest BCUT2D eigenvalue weighted by molar-refractivity contribution is 5.95. The molecule has 0 fully saturated rings. The Hall–Kier alpha value is -3.35. The van der Waals surface area contributed by atoms with E-state index < -0.39 is 5.97 Å². The van der Waals surface area contributed by atoms with Crippen molar-refractivity contribution in [3.05, 3.63) is 53.1 Å². The second-order valence-corrected chi connectivity index (χ2v) is 5.60. The fourth-order valence-electron chi connectivity index (χ4n) is 2.34. The fourth-order valence-corrected chi connectivity index (χ4v) is 2.34. The van der Waals surface area contributed by atoms with Gasteiger partial charge in [0.25, 0.3) is 5.91 Å². The van der Waals surface area contributed by atoms with Crippen LogP contribution in [0.15, 0.2) is 41.5 Å². The Bertz CT molecular complexity index is 819. The quantitative estimate of drug-likeness (QED) is 0.350. The van der Waals surface area contributed by atoms with Crippen molar-refractivity contribution in [3.8, 4) is 17.2 Å². The summed E-state index contributed by atoms with van der Waals surface area (Å²) in [6, 6.07) is 10.6. The second kappa shape index (κ2) is 9.38. The number of nitrogens with zero attached hydrogens (tertiary/aromatic N) is 1. The number of aryl methyl sites for hydroxylation is 1. The number of nitrogens with one attached hydrogen (secondary N) is 1. The van der Waals surface area contributed by atoms with Gasteiger partial charge in [-0.25, -0.2) is 5.43 Å². The summed E-state index contributed by atoms with van der Waals surface area (Å²) in [5.41, 5.74) is 4.74. The third kappa shape index (κ3) is 5.31. The molecule has 2 rings (SSSR count). The summed E-state index contributed by atoms with van der Waals surface area (Å²) in [6.07, 6.45) is 2.36. The van der Waals surface area contributed by atoms with E-state index in [9.17, 15) is 9.59 Å². The smallest absolute Gasteiger partial charge is 0.308 e. The Balaban J connectivity index is 2.15. The van der Waals surface area contributed by atoms with Crippen LogP contribution in [0.1, 0.15) is 35.3 Å². The van der Waals surface area contributed by atoms with Gasteiger partial charge in [-0.05, 0) is 36.2 Å². The standard InChI is InChI=1S/C20H22N2O5/c1-5-14-6-8-16(9-7-14)20(24)22-21-12-15-10-17(25-3)19(27-13(2)23)18(11-15)26-4/h6-12H,5H2,1-4H3,(H,22,24)/b21-12-. The van der Waals surface area contributed by atoms with Crippen LogP contribution in [0.2, 0.25) is 0 Å². The molecule has 1 amide bonds. The zero-order valence-electron chi connectivity index (χ0n) is 15.7. The van der Waals surface area contributed by atoms with Crippen LogP contribution in [0.25, 0.3) is 0 Å². The third-order valence-corrected chi connectivity index (χ3v) is 3.73. The summed E-state index contributed by atoms with van der Waals surface area (Å²) in [4.78, 5) is 23.4. The number of ether oxygens (including phenoxy) is 3. The van der Waals surface area contributed by atoms with Gasteiger partial charge in [-0.15, -0.1) is 0 Å². The van der Waals surface area contributed by atoms with Gasteiger partial charge in [-0.1, -0.05) is 19.1 Å². The number of hydrazone groups is 1. The van der Waals surface area contributed by atoms with Gasteiger partial charge >= 0.3 is 5.97 Å². The minimum atomic E-state index is -0.491. The number of carbonyl (C=O) groups excluding carboxylic acids is 2. The molecule has 142 valence electrons. The first-order valence-corrected chi connectivity index (χ1v) is 8.35. The molecule has 27 heavy (non-hydrogen) atoms. The van der Waals surface area contributed by atoms with E-state index in [1.165, 1.54) is 27.4 Å². The highest BCUT2D eigenvalue weighted by atomic mass is 16.6. The van der Waals surface area contributed by atoms with Crippen LogP contribution in [0.5, 0.6) is 17.2 Å². The molecule has 0 spiro atoms. The van der Waals surface area contributed by atoms with Gasteiger partial charge in [0.15, 0.2) is 11.5 Å². The van der Waals surface area contributed by atoms with Crippen molar-refractivity contribution in [2.24, 2.45) is 5.10 Å². The van der Waals surface area contributed by atoms with E-state index in [0.717, 1.165) is 12.0 Å². The van der Waals surface area contributed by atoms with Gasteiger partial charge in [-0.2, -0.15) is 5.10 Å². The Kier molecular flexibility index (Phi) is 6.93. The summed E-state index contributed by atoms with van der Waals surface area (Å²) in [5.74, 6) is 0.00315. The second-order valence-electron chi connectivity index (χ2n) is 5.60. The van der Waals surface area contributed by atoms with Crippen LogP contribution < -0.4 is 19.6 Å². The number of methoxy groups -OCH3 is 2. The number of rotatable bonds is 7. The first-order chi connectivity index (χ1) is 13.0. The minimum Gasteiger partial charge on any atom is -0.493 e. The van der Waals surface area contributed by atoms with E-state index in [1.54, 1.807) is 24.3 Å². The number of esters is 1. The lowest BCUT2D eigenvalue weighted by Crippen LogP contribution is -2.17. The molecule has 0 saturated heterocycles. The average molecular weight is 370 g/mol. The van der Waals surface area contributed by atoms with E-state index in [-0.39, 0.29) is 11.7 Å². The monoisotopic (exact) mass is 370 g/mol. The van der Waals surface area contributed by atoms with E-state index in [0.29, 0.717) is 22.6 Å². The van der Waals surface area contributed by atoms with Crippen molar-refractivity contribution in [2.75, 3.05) is 14.2 Å². The van der Waals surface area contributed by atoms with Gasteiger partial charge < -0.3 is 14.2 Å². The van der Waals surface area contributed by atoms with E-state index in [4.69, 9.17) is 14.2 Å². The van der Waals surface area contributed by atoms with Crippen molar-refractivity contribution in [1.29, 1.82) is 0 Å². The summed E-state index contributed by atoms with van der Waals surface area (Å²) in [5, 5.41) is 3.96. The molecule has 0 unspecified atom stereocenters. The molecule has 0 atom stereocenters. The lowest BCUT2D eigenvalue weighted by atomic mass is 10.1. The van der Waals surface area contributed by atoms with Crippen LogP contribution in [-0.2, 0) is 11.2 Å². The van der Waals surface area contributed by atoms with Crippen molar-refractivity contribution in [2.45, 2.75) is 20.3 Å². The number of amides is 1. The molecule has 0 aromatic heterocycles. The number of benzene rings is 2. The van der Waals surface area contributed by atoms with Gasteiger partial charge in [-0.3, -0.25) is 9.59 Å². The maximum atomic E-state index is 12.1. The van der Waals surface area contributed by atoms with Crippen molar-refractivity contribution in [1.82, 2.24) is 5.43 Å². The van der Waals surface area contributed by atoms with Gasteiger partial charge in [0.05, 0.1) is 20.4 Å². The Morgan fingerprint density at radius 3 is 2.15 bits per heavy atom. The highest BCUT2D eigenvalue weighted by Gasteiger charge is 2.15. The van der Waals surface area contributed by atoms with Crippen LogP contribution in [0.3, 0.4) is 0 Å². The molecule has 0 aliphatic rings. The lowest BCUT2D eigenvalue weighted by molar-refractivity contribution is -0.132. The zero-order valence-corrected chi connectivity index (χ0v) is 15.7. The van der Waals surface area contributed by atoms with E-state index >= 15 is 0 Å². The van der Waals surface area contributed by atoms with Crippen LogP contribution >= 0.6 is 0 Å². The number of carbonyl (C=O) groups is 2. The fraction of sp³-hybridized carbons (Fsp3) is 0.250. The minimum absolute atomic E-state index is 0.185. The third-order valence-electron chi connectivity index (χ3n) is 3.73. The van der Waals surface area contributed by atoms with E-state index in [1.807, 2.05) is 12.1 Å². The molecule has 7 heteroatoms. The molecule has 7 nitrogen and oxygen atoms in total. The summed E-state index contributed by atoms with van der Waals surface area (Å²) < 4.78 is 15.6. The maximum Gasteiger partial charge on any atom is 0.308 e. The molecule has 2 aromatic rings. The number of hydrogen-bond acceptors (Lipinski definition) is 6. The Labute approximate surface area is 157 Å². The molecule has 0 radical (unpaired) electrons. The lowest BCUT2D eigenvalue weighted by Gasteiger charge is -2.13. The first kappa shape index (κ1) is 20.0. The first-order valence-electron chi connectivity index (χ1n) is 8.35. The SMILES string of the molecule is CCc1ccc(C(=O)N/N=C\c2cc(OC)c(OC(C)=O)c(OC)c2)cc1. The molecular weight excluding hydrogens is 348 g/mol. The average Bonchev–Trinajstić information content (AvgIpc) is 2.68. The molecule has 0 heterocycles. The predicted molar refractivity (Wildman–Crippen MR) is 102 cm³/mol. The van der Waals surface area contributed by atoms with E-state index in [2.05, 4.69) is 17.5 Å². The summed E-state index contributed by atoms with van der Waals surface area (Å²) >= 11 is 0. The molecule has 0 saturated carbocycles. The molecular formula is C20H22N2O5. The highest BCUT2D eigenvalue weighted by Crippen LogP contribution is 2.38. The van der Waals surface area contributed by atoms with Crippen LogP contribution in [-0.4, -0.2) is 32.3 Å². The predicted octanol–water partition coefficient (Wildman–Crippen LogP) is 2.96. The maximum absolute atomic E-state index is 12.1. The normalized spacial score (nSPS) is 10.5. The van der Waals surface area contributed by atoms with Crippen LogP contribution in [0.4, 0.5) is 0 Å². The number of hydrogen-bond donors (Lipinski definition) is 1. The summed E-state index contributed by atoms with van der Waals surface area (Å²) in [7, 11) is 2.90. The van der Waals surface area contributed by atoms with Crippen molar-refractivity contribution >= 4 is 18.1 Å². The largest absolute Gasteiger partial charge is 0.493 e. The van der Waals surface area contributed by atoms with Gasteiger partial charge in [0, 0.05) is 18.1 Å². The van der Waals surface area contributed by atoms with Gasteiger partial charge in [0.1, 0.15) is 0 Å². The van der Waals surface area contributed by atoms with Gasteiger partial charge in [0.2, 0.25) is 5.75 Å². The molecule has 0 aliphatic carbocycles. The molecule has 1 N–H and O–H groups in total. The molecule has 0 aliphatic heterocycles. The van der Waals surface area contributed by atoms with Crippen molar-refractivity contribution < 1.29 is 23.8 Å². The molecule has 2 aromatic carbocycles. The molecule has 0 bridgehead atoms. The summed E-state index contributed by atoms with van der Waals surface area (Å²) in [6.45, 7) is 3.34. The topological polar surface area (TPSA) is 86.2 Å². The Morgan fingerprint density at radius 2 is 1.67 bits per heavy atom.